The molecule has 1 aliphatic heterocycles. The Morgan fingerprint density at radius 3 is 2.56 bits per heavy atom. The predicted molar refractivity (Wildman–Crippen MR) is 137 cm³/mol. The van der Waals surface area contributed by atoms with Crippen LogP contribution < -0.4 is 10.6 Å². The molecule has 1 atom stereocenters. The number of aromatic nitrogens is 3. The molecule has 182 valence electrons. The largest absolute Gasteiger partial charge is 0.328 e. The van der Waals surface area contributed by atoms with Gasteiger partial charge in [0.25, 0.3) is 5.91 Å². The van der Waals surface area contributed by atoms with Crippen molar-refractivity contribution in [1.29, 1.82) is 0 Å². The molecule has 0 aliphatic carbocycles. The van der Waals surface area contributed by atoms with E-state index in [1.54, 1.807) is 48.0 Å². The molecule has 0 spiro atoms. The van der Waals surface area contributed by atoms with Crippen LogP contribution in [0.4, 0.5) is 20.4 Å². The molecular weight excluding hydrogens is 504 g/mol. The summed E-state index contributed by atoms with van der Waals surface area (Å²) >= 11 is 7.38. The van der Waals surface area contributed by atoms with E-state index in [4.69, 9.17) is 11.6 Å². The monoisotopic (exact) mass is 523 g/mol. The summed E-state index contributed by atoms with van der Waals surface area (Å²) in [4.78, 5) is 18.0. The van der Waals surface area contributed by atoms with E-state index in [9.17, 15) is 13.6 Å². The topological polar surface area (TPSA) is 71.8 Å². The third-order valence-corrected chi connectivity index (χ3v) is 6.92. The van der Waals surface area contributed by atoms with Crippen LogP contribution in [0, 0.1) is 11.6 Å². The quantitative estimate of drug-likeness (QED) is 0.285. The summed E-state index contributed by atoms with van der Waals surface area (Å²) in [5.41, 5.74) is 2.67. The molecule has 1 aromatic heterocycles. The van der Waals surface area contributed by atoms with Gasteiger partial charge in [-0.25, -0.2) is 13.5 Å². The smallest absolute Gasteiger partial charge is 0.255 e. The van der Waals surface area contributed by atoms with E-state index in [0.717, 1.165) is 0 Å². The average Bonchev–Trinajstić information content (AvgIpc) is 3.26. The molecule has 0 saturated heterocycles. The first kappa shape index (κ1) is 24.0. The third kappa shape index (κ3) is 4.84. The molecule has 3 aromatic carbocycles. The van der Waals surface area contributed by atoms with E-state index in [1.165, 1.54) is 30.0 Å². The lowest BCUT2D eigenvalue weighted by atomic mass is 9.95. The first-order chi connectivity index (χ1) is 17.4. The number of halogens is 3. The number of nitrogens with zero attached hydrogens (tertiary/aromatic N) is 3. The van der Waals surface area contributed by atoms with Crippen molar-refractivity contribution < 1.29 is 13.6 Å². The summed E-state index contributed by atoms with van der Waals surface area (Å²) in [5.74, 6) is -0.474. The van der Waals surface area contributed by atoms with Crippen LogP contribution in [-0.4, -0.2) is 20.7 Å². The molecule has 36 heavy (non-hydrogen) atoms. The number of para-hydroxylation sites is 1. The fourth-order valence-corrected chi connectivity index (χ4v) is 5.14. The molecule has 1 amide bonds. The number of thioether (sulfide) groups is 1. The first-order valence-electron chi connectivity index (χ1n) is 11.0. The number of fused-ring (bicyclic) bond motifs is 1. The number of anilines is 2. The van der Waals surface area contributed by atoms with E-state index in [1.807, 2.05) is 18.2 Å². The number of carbonyl (C=O) groups is 1. The van der Waals surface area contributed by atoms with Gasteiger partial charge < -0.3 is 10.6 Å². The van der Waals surface area contributed by atoms with Gasteiger partial charge in [0.2, 0.25) is 11.1 Å². The van der Waals surface area contributed by atoms with E-state index in [0.29, 0.717) is 44.2 Å². The van der Waals surface area contributed by atoms with Crippen LogP contribution in [0.1, 0.15) is 24.1 Å². The Morgan fingerprint density at radius 2 is 1.83 bits per heavy atom. The van der Waals surface area contributed by atoms with Gasteiger partial charge in [0, 0.05) is 27.7 Å². The molecule has 4 aromatic rings. The van der Waals surface area contributed by atoms with Crippen molar-refractivity contribution in [2.24, 2.45) is 0 Å². The van der Waals surface area contributed by atoms with Crippen molar-refractivity contribution in [1.82, 2.24) is 14.8 Å². The number of hydrogen-bond donors (Lipinski definition) is 2. The van der Waals surface area contributed by atoms with Crippen LogP contribution in [0.25, 0.3) is 0 Å². The number of rotatable bonds is 6. The summed E-state index contributed by atoms with van der Waals surface area (Å²) in [6.45, 7) is 1.78. The van der Waals surface area contributed by atoms with E-state index in [2.05, 4.69) is 20.7 Å². The molecule has 0 radical (unpaired) electrons. The van der Waals surface area contributed by atoms with Crippen LogP contribution in [0.3, 0.4) is 0 Å². The van der Waals surface area contributed by atoms with Gasteiger partial charge in [-0.05, 0) is 48.9 Å². The van der Waals surface area contributed by atoms with E-state index < -0.39 is 11.9 Å². The summed E-state index contributed by atoms with van der Waals surface area (Å²) in [7, 11) is 0. The molecule has 1 aliphatic rings. The Balaban J connectivity index is 1.49. The lowest BCUT2D eigenvalue weighted by Gasteiger charge is -2.28. The van der Waals surface area contributed by atoms with Gasteiger partial charge in [-0.1, -0.05) is 59.8 Å². The standard InChI is InChI=1S/C26H20ClF2N5OS/c1-15-22(24(35)31-18-6-3-2-4-7-18)23(16-10-12-17(28)13-11-16)34-25(30-15)32-26(33-34)36-14-19-20(27)8-5-9-21(19)29/h2-13,23H,14H2,1H3,(H,31,35)(H,30,32,33)/t23-/m1/s1. The fourth-order valence-electron chi connectivity index (χ4n) is 3.97. The normalized spacial score (nSPS) is 14.8. The highest BCUT2D eigenvalue weighted by Crippen LogP contribution is 2.37. The molecule has 2 N–H and O–H groups in total. The van der Waals surface area contributed by atoms with Gasteiger partial charge in [0.15, 0.2) is 0 Å². The van der Waals surface area contributed by atoms with Gasteiger partial charge in [-0.3, -0.25) is 4.79 Å². The number of carbonyl (C=O) groups excluding carboxylic acids is 1. The lowest BCUT2D eigenvalue weighted by molar-refractivity contribution is -0.113. The molecule has 6 nitrogen and oxygen atoms in total. The van der Waals surface area contributed by atoms with Crippen molar-refractivity contribution in [3.05, 3.63) is 112 Å². The van der Waals surface area contributed by atoms with Gasteiger partial charge in [-0.15, -0.1) is 5.10 Å². The Hall–Kier alpha value is -3.69. The van der Waals surface area contributed by atoms with Gasteiger partial charge in [-0.2, -0.15) is 4.98 Å². The third-order valence-electron chi connectivity index (χ3n) is 5.70. The zero-order chi connectivity index (χ0) is 25.2. The highest BCUT2D eigenvalue weighted by atomic mass is 35.5. The van der Waals surface area contributed by atoms with Crippen molar-refractivity contribution in [2.75, 3.05) is 10.6 Å². The van der Waals surface area contributed by atoms with E-state index in [-0.39, 0.29) is 17.5 Å². The Labute approximate surface area is 215 Å². The molecule has 0 unspecified atom stereocenters. The Kier molecular flexibility index (Phi) is 6.75. The first-order valence-corrected chi connectivity index (χ1v) is 12.4. The molecule has 2 heterocycles. The average molecular weight is 524 g/mol. The number of amides is 1. The summed E-state index contributed by atoms with van der Waals surface area (Å²) in [6, 6.07) is 18.9. The number of allylic oxidation sites excluding steroid dienone is 1. The van der Waals surface area contributed by atoms with Crippen LogP contribution in [-0.2, 0) is 10.5 Å². The van der Waals surface area contributed by atoms with Crippen LogP contribution in [0.5, 0.6) is 0 Å². The summed E-state index contributed by atoms with van der Waals surface area (Å²) in [6.07, 6.45) is 0. The second-order valence-corrected chi connectivity index (χ2v) is 9.44. The molecule has 0 bridgehead atoms. The van der Waals surface area contributed by atoms with Gasteiger partial charge in [0.1, 0.15) is 17.7 Å². The van der Waals surface area contributed by atoms with Crippen LogP contribution in [0.15, 0.2) is 89.2 Å². The number of nitrogens with one attached hydrogen (secondary N) is 2. The lowest BCUT2D eigenvalue weighted by Crippen LogP contribution is -2.31. The minimum absolute atomic E-state index is 0.226. The maximum atomic E-state index is 14.2. The minimum Gasteiger partial charge on any atom is -0.328 e. The minimum atomic E-state index is -0.663. The van der Waals surface area contributed by atoms with Crippen molar-refractivity contribution >= 4 is 40.9 Å². The summed E-state index contributed by atoms with van der Waals surface area (Å²) in [5, 5.41) is 11.4. The highest BCUT2D eigenvalue weighted by molar-refractivity contribution is 7.98. The molecule has 0 saturated carbocycles. The second-order valence-electron chi connectivity index (χ2n) is 8.09. The van der Waals surface area contributed by atoms with E-state index >= 15 is 0 Å². The van der Waals surface area contributed by atoms with Crippen LogP contribution >= 0.6 is 23.4 Å². The molecular formula is C26H20ClF2N5OS. The van der Waals surface area contributed by atoms with Crippen LogP contribution in [0.2, 0.25) is 5.02 Å². The predicted octanol–water partition coefficient (Wildman–Crippen LogP) is 6.43. The Bertz CT molecular complexity index is 1440. The zero-order valence-corrected chi connectivity index (χ0v) is 20.6. The molecule has 5 rings (SSSR count). The zero-order valence-electron chi connectivity index (χ0n) is 19.0. The van der Waals surface area contributed by atoms with Crippen molar-refractivity contribution in [2.45, 2.75) is 23.9 Å². The molecule has 10 heteroatoms. The number of benzene rings is 3. The highest BCUT2D eigenvalue weighted by Gasteiger charge is 2.34. The number of hydrogen-bond acceptors (Lipinski definition) is 5. The fraction of sp³-hybridized carbons (Fsp3) is 0.115. The SMILES string of the molecule is CC1=C(C(=O)Nc2ccccc2)[C@@H](c2ccc(F)cc2)n2nc(SCc3c(F)cccc3Cl)nc2N1. The summed E-state index contributed by atoms with van der Waals surface area (Å²) < 4.78 is 29.5. The Morgan fingerprint density at radius 1 is 1.08 bits per heavy atom. The van der Waals surface area contributed by atoms with Crippen molar-refractivity contribution in [3.8, 4) is 0 Å². The van der Waals surface area contributed by atoms with Gasteiger partial charge >= 0.3 is 0 Å². The second kappa shape index (κ2) is 10.1. The molecule has 0 fully saturated rings. The van der Waals surface area contributed by atoms with Crippen molar-refractivity contribution in [3.63, 3.8) is 0 Å². The maximum absolute atomic E-state index is 14.2. The maximum Gasteiger partial charge on any atom is 0.255 e. The van der Waals surface area contributed by atoms with Gasteiger partial charge in [0.05, 0.1) is 5.57 Å².